The van der Waals surface area contributed by atoms with E-state index in [4.69, 9.17) is 13.7 Å². The monoisotopic (exact) mass is 405 g/mol. The van der Waals surface area contributed by atoms with Gasteiger partial charge in [-0.25, -0.2) is 4.98 Å². The van der Waals surface area contributed by atoms with Crippen molar-refractivity contribution in [3.8, 4) is 11.5 Å². The zero-order valence-corrected chi connectivity index (χ0v) is 16.9. The molecule has 0 aliphatic rings. The third-order valence-electron chi connectivity index (χ3n) is 4.88. The van der Waals surface area contributed by atoms with Crippen LogP contribution in [-0.2, 0) is 4.74 Å². The van der Waals surface area contributed by atoms with Crippen molar-refractivity contribution in [2.24, 2.45) is 0 Å². The minimum Gasteiger partial charge on any atom is -0.463 e. The lowest BCUT2D eigenvalue weighted by atomic mass is 10.1. The first-order valence-corrected chi connectivity index (χ1v) is 9.89. The molecule has 4 rings (SSSR count). The lowest BCUT2D eigenvalue weighted by Crippen LogP contribution is -2.25. The van der Waals surface area contributed by atoms with Crippen LogP contribution in [0.2, 0.25) is 0 Å². The summed E-state index contributed by atoms with van der Waals surface area (Å²) in [5.74, 6) is 0.348. The number of aryl methyl sites for hydroxylation is 1. The summed E-state index contributed by atoms with van der Waals surface area (Å²) in [6.45, 7) is 4.85. The summed E-state index contributed by atoms with van der Waals surface area (Å²) in [6.07, 6.45) is 2.27. The fraction of sp³-hybridized carbons (Fsp3) is 0.261. The Labute approximate surface area is 174 Å². The molecule has 3 heterocycles. The number of carbonyl (C=O) groups is 1. The highest BCUT2D eigenvalue weighted by Gasteiger charge is 2.20. The second-order valence-electron chi connectivity index (χ2n) is 7.01. The number of nitrogens with one attached hydrogen (secondary N) is 1. The molecule has 1 unspecified atom stereocenters. The van der Waals surface area contributed by atoms with Gasteiger partial charge < -0.3 is 19.0 Å². The number of rotatable bonds is 8. The molecular weight excluding hydrogens is 382 g/mol. The lowest BCUT2D eigenvalue weighted by molar-refractivity contribution is 0.0635. The van der Waals surface area contributed by atoms with Gasteiger partial charge in [-0.3, -0.25) is 4.79 Å². The van der Waals surface area contributed by atoms with Crippen LogP contribution in [0.15, 0.2) is 63.7 Å². The highest BCUT2D eigenvalue weighted by atomic mass is 16.5. The Kier molecular flexibility index (Phi) is 5.90. The van der Waals surface area contributed by atoms with Crippen molar-refractivity contribution >= 4 is 17.0 Å². The molecule has 0 aliphatic heterocycles. The molecule has 3 aromatic heterocycles. The molecule has 1 aromatic carbocycles. The van der Waals surface area contributed by atoms with E-state index in [1.807, 2.05) is 37.3 Å². The summed E-state index contributed by atoms with van der Waals surface area (Å²) in [5, 5.41) is 7.51. The number of hydrogen-bond donors (Lipinski definition) is 1. The maximum absolute atomic E-state index is 12.9. The van der Waals surface area contributed by atoms with Gasteiger partial charge in [0.25, 0.3) is 11.6 Å². The average Bonchev–Trinajstić information content (AvgIpc) is 3.43. The van der Waals surface area contributed by atoms with Crippen LogP contribution in [0.4, 0.5) is 0 Å². The molecule has 1 atom stereocenters. The van der Waals surface area contributed by atoms with Crippen molar-refractivity contribution in [1.29, 1.82) is 0 Å². The van der Waals surface area contributed by atoms with Crippen molar-refractivity contribution < 1.29 is 18.5 Å². The molecule has 30 heavy (non-hydrogen) atoms. The third-order valence-corrected chi connectivity index (χ3v) is 4.88. The maximum Gasteiger partial charge on any atom is 0.259 e. The van der Waals surface area contributed by atoms with E-state index < -0.39 is 0 Å². The van der Waals surface area contributed by atoms with Crippen molar-refractivity contribution in [3.05, 3.63) is 71.6 Å². The first-order chi connectivity index (χ1) is 14.6. The normalized spacial score (nSPS) is 12.2. The van der Waals surface area contributed by atoms with E-state index in [1.165, 1.54) is 0 Å². The Bertz CT molecular complexity index is 1120. The second kappa shape index (κ2) is 8.92. The van der Waals surface area contributed by atoms with E-state index in [0.29, 0.717) is 53.4 Å². The SMILES string of the molecule is Cc1noc2nc(-c3ccco3)cc(C(=O)NCCCOC(C)c3ccccc3)c12. The number of fused-ring (bicyclic) bond motifs is 1. The number of furan rings is 1. The zero-order chi connectivity index (χ0) is 20.9. The van der Waals surface area contributed by atoms with E-state index in [-0.39, 0.29) is 12.0 Å². The van der Waals surface area contributed by atoms with Crippen molar-refractivity contribution in [3.63, 3.8) is 0 Å². The molecule has 0 saturated carbocycles. The van der Waals surface area contributed by atoms with Gasteiger partial charge in [0.1, 0.15) is 5.69 Å². The van der Waals surface area contributed by atoms with E-state index in [2.05, 4.69) is 15.5 Å². The van der Waals surface area contributed by atoms with Gasteiger partial charge in [-0.2, -0.15) is 0 Å². The minimum atomic E-state index is -0.211. The Morgan fingerprint density at radius 1 is 1.20 bits per heavy atom. The molecule has 7 nitrogen and oxygen atoms in total. The maximum atomic E-state index is 12.9. The standard InChI is InChI=1S/C23H23N3O4/c1-15-21-18(14-19(20-10-6-12-29-20)25-23(21)30-26-15)22(27)24-11-7-13-28-16(2)17-8-4-3-5-9-17/h3-6,8-10,12,14,16H,7,11,13H2,1-2H3,(H,24,27). The van der Waals surface area contributed by atoms with Crippen LogP contribution in [0.3, 0.4) is 0 Å². The van der Waals surface area contributed by atoms with Gasteiger partial charge in [0.15, 0.2) is 5.76 Å². The Morgan fingerprint density at radius 2 is 2.03 bits per heavy atom. The number of hydrogen-bond acceptors (Lipinski definition) is 6. The second-order valence-corrected chi connectivity index (χ2v) is 7.01. The zero-order valence-electron chi connectivity index (χ0n) is 16.9. The van der Waals surface area contributed by atoms with Crippen molar-refractivity contribution in [2.75, 3.05) is 13.2 Å². The first kappa shape index (κ1) is 19.8. The largest absolute Gasteiger partial charge is 0.463 e. The summed E-state index contributed by atoms with van der Waals surface area (Å²) >= 11 is 0. The number of benzene rings is 1. The predicted octanol–water partition coefficient (Wildman–Crippen LogP) is 4.69. The van der Waals surface area contributed by atoms with Crippen LogP contribution >= 0.6 is 0 Å². The van der Waals surface area contributed by atoms with E-state index >= 15 is 0 Å². The highest BCUT2D eigenvalue weighted by Crippen LogP contribution is 2.27. The molecule has 0 fully saturated rings. The molecule has 1 amide bonds. The molecule has 0 saturated heterocycles. The fourth-order valence-electron chi connectivity index (χ4n) is 3.27. The molecule has 7 heteroatoms. The summed E-state index contributed by atoms with van der Waals surface area (Å²) in [6, 6.07) is 15.3. The highest BCUT2D eigenvalue weighted by molar-refractivity contribution is 6.06. The van der Waals surface area contributed by atoms with Gasteiger partial charge in [0.2, 0.25) is 0 Å². The third kappa shape index (κ3) is 4.26. The van der Waals surface area contributed by atoms with E-state index in [9.17, 15) is 4.79 Å². The topological polar surface area (TPSA) is 90.4 Å². The van der Waals surface area contributed by atoms with Crippen LogP contribution in [-0.4, -0.2) is 29.2 Å². The Balaban J connectivity index is 1.39. The quantitative estimate of drug-likeness (QED) is 0.428. The summed E-state index contributed by atoms with van der Waals surface area (Å²) < 4.78 is 16.6. The van der Waals surface area contributed by atoms with Crippen molar-refractivity contribution in [1.82, 2.24) is 15.5 Å². The molecule has 154 valence electrons. The van der Waals surface area contributed by atoms with E-state index in [1.54, 1.807) is 31.4 Å². The number of nitrogens with zero attached hydrogens (tertiary/aromatic N) is 2. The van der Waals surface area contributed by atoms with Gasteiger partial charge >= 0.3 is 0 Å². The van der Waals surface area contributed by atoms with Crippen LogP contribution in [0, 0.1) is 6.92 Å². The number of amides is 1. The minimum absolute atomic E-state index is 0.0113. The van der Waals surface area contributed by atoms with Crippen LogP contribution in [0.1, 0.15) is 41.1 Å². The number of carbonyl (C=O) groups excluding carboxylic acids is 1. The Hall–Kier alpha value is -3.45. The number of ether oxygens (including phenoxy) is 1. The van der Waals surface area contributed by atoms with Gasteiger partial charge in [-0.1, -0.05) is 35.5 Å². The molecule has 0 spiro atoms. The van der Waals surface area contributed by atoms with Gasteiger partial charge in [-0.05, 0) is 44.0 Å². The smallest absolute Gasteiger partial charge is 0.259 e. The van der Waals surface area contributed by atoms with E-state index in [0.717, 1.165) is 5.56 Å². The Morgan fingerprint density at radius 3 is 2.80 bits per heavy atom. The van der Waals surface area contributed by atoms with Crippen LogP contribution in [0.5, 0.6) is 0 Å². The summed E-state index contributed by atoms with van der Waals surface area (Å²) in [7, 11) is 0. The van der Waals surface area contributed by atoms with Crippen LogP contribution in [0.25, 0.3) is 22.6 Å². The predicted molar refractivity (Wildman–Crippen MR) is 112 cm³/mol. The number of aromatic nitrogens is 2. The molecule has 1 N–H and O–H groups in total. The summed E-state index contributed by atoms with van der Waals surface area (Å²) in [5.41, 5.74) is 3.05. The summed E-state index contributed by atoms with van der Waals surface area (Å²) in [4.78, 5) is 17.3. The number of pyridine rings is 1. The lowest BCUT2D eigenvalue weighted by Gasteiger charge is -2.13. The first-order valence-electron chi connectivity index (χ1n) is 9.89. The molecular formula is C23H23N3O4. The molecule has 4 aromatic rings. The molecule has 0 aliphatic carbocycles. The van der Waals surface area contributed by atoms with Gasteiger partial charge in [-0.15, -0.1) is 0 Å². The fourth-order valence-corrected chi connectivity index (χ4v) is 3.27. The van der Waals surface area contributed by atoms with Gasteiger partial charge in [0.05, 0.1) is 29.0 Å². The van der Waals surface area contributed by atoms with Gasteiger partial charge in [0, 0.05) is 13.2 Å². The average molecular weight is 405 g/mol. The van der Waals surface area contributed by atoms with Crippen LogP contribution < -0.4 is 5.32 Å². The van der Waals surface area contributed by atoms with Crippen molar-refractivity contribution in [2.45, 2.75) is 26.4 Å². The molecule has 0 bridgehead atoms. The molecule has 0 radical (unpaired) electrons.